The van der Waals surface area contributed by atoms with Crippen LogP contribution in [0, 0.1) is 0 Å². The van der Waals surface area contributed by atoms with Gasteiger partial charge < -0.3 is 10.2 Å². The van der Waals surface area contributed by atoms with Gasteiger partial charge in [-0.25, -0.2) is 0 Å². The molecule has 0 saturated heterocycles. The molecule has 0 aliphatic heterocycles. The molecule has 0 heterocycles. The van der Waals surface area contributed by atoms with E-state index in [1.807, 2.05) is 24.3 Å². The molecule has 1 aromatic rings. The average Bonchev–Trinajstić information content (AvgIpc) is 2.25. The fourth-order valence-corrected chi connectivity index (χ4v) is 2.08. The quantitative estimate of drug-likeness (QED) is 0.837. The Bertz CT molecular complexity index is 449. The van der Waals surface area contributed by atoms with Crippen LogP contribution in [-0.2, 0) is 16.1 Å². The van der Waals surface area contributed by atoms with Crippen molar-refractivity contribution in [2.24, 2.45) is 0 Å². The van der Waals surface area contributed by atoms with Crippen molar-refractivity contribution in [2.45, 2.75) is 19.0 Å². The topological polar surface area (TPSA) is 77.8 Å². The van der Waals surface area contributed by atoms with Crippen molar-refractivity contribution in [3.63, 3.8) is 0 Å². The smallest absolute Gasteiger partial charge is 0.321 e. The molecule has 0 aromatic heterocycles. The molecule has 0 aliphatic carbocycles. The van der Waals surface area contributed by atoms with E-state index < -0.39 is 24.4 Å². The molecule has 98 valence electrons. The van der Waals surface area contributed by atoms with E-state index in [0.717, 1.165) is 10.0 Å². The molecule has 0 bridgehead atoms. The summed E-state index contributed by atoms with van der Waals surface area (Å²) in [5, 5.41) is 17.7. The molecule has 1 unspecified atom stereocenters. The van der Waals surface area contributed by atoms with Crippen LogP contribution in [0.2, 0.25) is 0 Å². The van der Waals surface area contributed by atoms with Gasteiger partial charge in [0.05, 0.1) is 6.42 Å². The van der Waals surface area contributed by atoms with E-state index in [-0.39, 0.29) is 0 Å². The first-order chi connectivity index (χ1) is 8.40. The zero-order chi connectivity index (χ0) is 13.7. The Labute approximate surface area is 113 Å². The predicted molar refractivity (Wildman–Crippen MR) is 69.3 cm³/mol. The van der Waals surface area contributed by atoms with Crippen LogP contribution in [0.5, 0.6) is 0 Å². The Morgan fingerprint density at radius 2 is 2.06 bits per heavy atom. The van der Waals surface area contributed by atoms with Crippen LogP contribution in [0.15, 0.2) is 28.7 Å². The van der Waals surface area contributed by atoms with Crippen molar-refractivity contribution in [3.8, 4) is 0 Å². The highest BCUT2D eigenvalue weighted by atomic mass is 79.9. The molecule has 0 aliphatic rings. The van der Waals surface area contributed by atoms with Crippen LogP contribution >= 0.6 is 15.9 Å². The molecule has 0 radical (unpaired) electrons. The monoisotopic (exact) mass is 315 g/mol. The largest absolute Gasteiger partial charge is 0.481 e. The predicted octanol–water partition coefficient (Wildman–Crippen LogP) is 1.81. The Kier molecular flexibility index (Phi) is 5.30. The van der Waals surface area contributed by atoms with E-state index in [1.165, 1.54) is 4.90 Å². The molecule has 1 aromatic carbocycles. The maximum atomic E-state index is 11.0. The van der Waals surface area contributed by atoms with Crippen molar-refractivity contribution >= 4 is 27.9 Å². The van der Waals surface area contributed by atoms with Gasteiger partial charge in [0.2, 0.25) is 0 Å². The molecule has 1 rings (SSSR count). The minimum absolute atomic E-state index is 0.379. The van der Waals surface area contributed by atoms with Crippen LogP contribution in [0.25, 0.3) is 0 Å². The van der Waals surface area contributed by atoms with Crippen LogP contribution in [-0.4, -0.2) is 40.1 Å². The highest BCUT2D eigenvalue weighted by Crippen LogP contribution is 2.14. The normalized spacial score (nSPS) is 12.4. The lowest BCUT2D eigenvalue weighted by molar-refractivity contribution is -0.149. The second kappa shape index (κ2) is 6.51. The summed E-state index contributed by atoms with van der Waals surface area (Å²) in [4.78, 5) is 23.2. The maximum absolute atomic E-state index is 11.0. The number of nitrogens with zero attached hydrogens (tertiary/aromatic N) is 1. The lowest BCUT2D eigenvalue weighted by atomic mass is 10.1. The van der Waals surface area contributed by atoms with E-state index in [9.17, 15) is 9.59 Å². The minimum atomic E-state index is -1.13. The van der Waals surface area contributed by atoms with Gasteiger partial charge in [-0.05, 0) is 24.7 Å². The Balaban J connectivity index is 2.75. The SMILES string of the molecule is CN(Cc1cccc(Br)c1)C(CC(=O)O)C(=O)O. The number of carboxylic acids is 2. The zero-order valence-electron chi connectivity index (χ0n) is 9.84. The molecule has 0 fully saturated rings. The number of benzene rings is 1. The van der Waals surface area contributed by atoms with Crippen LogP contribution < -0.4 is 0 Å². The number of halogens is 1. The first-order valence-corrected chi connectivity index (χ1v) is 6.08. The zero-order valence-corrected chi connectivity index (χ0v) is 11.4. The van der Waals surface area contributed by atoms with Gasteiger partial charge in [-0.1, -0.05) is 28.1 Å². The second-order valence-corrected chi connectivity index (χ2v) is 4.91. The van der Waals surface area contributed by atoms with Gasteiger partial charge in [0.25, 0.3) is 0 Å². The number of likely N-dealkylation sites (N-methyl/N-ethyl adjacent to an activating group) is 1. The lowest BCUT2D eigenvalue weighted by Crippen LogP contribution is -2.39. The van der Waals surface area contributed by atoms with Gasteiger partial charge in [-0.15, -0.1) is 0 Å². The van der Waals surface area contributed by atoms with Crippen molar-refractivity contribution in [3.05, 3.63) is 34.3 Å². The standard InChI is InChI=1S/C12H14BrNO4/c1-14(10(12(17)18)6-11(15)16)7-8-3-2-4-9(13)5-8/h2-5,10H,6-7H2,1H3,(H,15,16)(H,17,18). The van der Waals surface area contributed by atoms with Crippen molar-refractivity contribution in [2.75, 3.05) is 7.05 Å². The summed E-state index contributed by atoms with van der Waals surface area (Å²) in [5.41, 5.74) is 0.920. The summed E-state index contributed by atoms with van der Waals surface area (Å²) < 4.78 is 0.901. The van der Waals surface area contributed by atoms with E-state index >= 15 is 0 Å². The molecule has 18 heavy (non-hydrogen) atoms. The Hall–Kier alpha value is -1.40. The van der Waals surface area contributed by atoms with Gasteiger partial charge in [-0.2, -0.15) is 0 Å². The number of aliphatic carboxylic acids is 2. The second-order valence-electron chi connectivity index (χ2n) is 4.00. The third-order valence-corrected chi connectivity index (χ3v) is 3.00. The van der Waals surface area contributed by atoms with Crippen molar-refractivity contribution in [1.29, 1.82) is 0 Å². The highest BCUT2D eigenvalue weighted by Gasteiger charge is 2.25. The summed E-state index contributed by atoms with van der Waals surface area (Å²) >= 11 is 3.33. The summed E-state index contributed by atoms with van der Waals surface area (Å²) in [5.74, 6) is -2.25. The third-order valence-electron chi connectivity index (χ3n) is 2.51. The molecule has 0 amide bonds. The van der Waals surface area contributed by atoms with Crippen LogP contribution in [0.1, 0.15) is 12.0 Å². The summed E-state index contributed by atoms with van der Waals surface area (Å²) in [6.07, 6.45) is -0.417. The van der Waals surface area contributed by atoms with E-state index in [0.29, 0.717) is 6.54 Å². The van der Waals surface area contributed by atoms with Gasteiger partial charge >= 0.3 is 11.9 Å². The van der Waals surface area contributed by atoms with Crippen LogP contribution in [0.4, 0.5) is 0 Å². The maximum Gasteiger partial charge on any atom is 0.321 e. The molecule has 5 nitrogen and oxygen atoms in total. The number of hydrogen-bond donors (Lipinski definition) is 2. The summed E-state index contributed by atoms with van der Waals surface area (Å²) in [6.45, 7) is 0.379. The Morgan fingerprint density at radius 1 is 1.39 bits per heavy atom. The molecule has 6 heteroatoms. The molecule has 2 N–H and O–H groups in total. The molecule has 1 atom stereocenters. The lowest BCUT2D eigenvalue weighted by Gasteiger charge is -2.23. The van der Waals surface area contributed by atoms with Gasteiger partial charge in [0, 0.05) is 11.0 Å². The van der Waals surface area contributed by atoms with E-state index in [4.69, 9.17) is 10.2 Å². The minimum Gasteiger partial charge on any atom is -0.481 e. The van der Waals surface area contributed by atoms with Crippen LogP contribution in [0.3, 0.4) is 0 Å². The van der Waals surface area contributed by atoms with E-state index in [1.54, 1.807) is 7.05 Å². The van der Waals surface area contributed by atoms with Gasteiger partial charge in [0.1, 0.15) is 6.04 Å². The number of rotatable bonds is 6. The molecule has 0 spiro atoms. The Morgan fingerprint density at radius 3 is 2.56 bits per heavy atom. The molecule has 0 saturated carbocycles. The highest BCUT2D eigenvalue weighted by molar-refractivity contribution is 9.10. The van der Waals surface area contributed by atoms with Gasteiger partial charge in [-0.3, -0.25) is 14.5 Å². The summed E-state index contributed by atoms with van der Waals surface area (Å²) in [7, 11) is 1.60. The van der Waals surface area contributed by atoms with Crippen molar-refractivity contribution < 1.29 is 19.8 Å². The fourth-order valence-electron chi connectivity index (χ4n) is 1.63. The van der Waals surface area contributed by atoms with Gasteiger partial charge in [0.15, 0.2) is 0 Å². The first kappa shape index (κ1) is 14.7. The number of hydrogen-bond acceptors (Lipinski definition) is 3. The first-order valence-electron chi connectivity index (χ1n) is 5.29. The third kappa shape index (κ3) is 4.46. The average molecular weight is 316 g/mol. The van der Waals surface area contributed by atoms with E-state index in [2.05, 4.69) is 15.9 Å². The fraction of sp³-hybridized carbons (Fsp3) is 0.333. The number of carbonyl (C=O) groups is 2. The molecular weight excluding hydrogens is 302 g/mol. The summed E-state index contributed by atoms with van der Waals surface area (Å²) in [6, 6.07) is 6.42. The molecular formula is C12H14BrNO4. The number of carboxylic acid groups (broad SMARTS) is 2. The van der Waals surface area contributed by atoms with Crippen molar-refractivity contribution in [1.82, 2.24) is 4.90 Å².